The van der Waals surface area contributed by atoms with Gasteiger partial charge in [0.2, 0.25) is 6.41 Å². The Labute approximate surface area is 100 Å². The van der Waals surface area contributed by atoms with E-state index >= 15 is 0 Å². The van der Waals surface area contributed by atoms with E-state index in [1.54, 1.807) is 14.1 Å². The standard InChI is InChI=1S/C5H4BrN3O2.C3H7NO/c6-2-1-8-3(5(10)11)4(7)9-2;1-4(2)3-5/h1H,(H2,7,9)(H,10,11);3H,1-2H3. The summed E-state index contributed by atoms with van der Waals surface area (Å²) >= 11 is 3.00. The molecule has 0 radical (unpaired) electrons. The Kier molecular flexibility index (Phi) is 6.01. The minimum Gasteiger partial charge on any atom is -0.476 e. The van der Waals surface area contributed by atoms with Crippen molar-refractivity contribution in [2.45, 2.75) is 0 Å². The van der Waals surface area contributed by atoms with Gasteiger partial charge < -0.3 is 15.7 Å². The molecular weight excluding hydrogens is 280 g/mol. The predicted octanol–water partition coefficient (Wildman–Crippen LogP) is 0.224. The lowest BCUT2D eigenvalue weighted by Gasteiger charge is -1.96. The second kappa shape index (κ2) is 6.72. The van der Waals surface area contributed by atoms with Gasteiger partial charge in [0.1, 0.15) is 4.60 Å². The van der Waals surface area contributed by atoms with E-state index in [4.69, 9.17) is 10.8 Å². The maximum absolute atomic E-state index is 10.3. The highest BCUT2D eigenvalue weighted by Crippen LogP contribution is 2.09. The second-order valence-corrected chi connectivity index (χ2v) is 3.61. The molecule has 7 nitrogen and oxygen atoms in total. The minimum absolute atomic E-state index is 0.0909. The molecule has 0 unspecified atom stereocenters. The molecule has 0 aromatic carbocycles. The first kappa shape index (κ1) is 14.3. The Bertz CT molecular complexity index is 384. The molecule has 0 aliphatic rings. The number of carbonyl (C=O) groups is 2. The van der Waals surface area contributed by atoms with E-state index in [9.17, 15) is 9.59 Å². The van der Waals surface area contributed by atoms with Crippen LogP contribution in [0.3, 0.4) is 0 Å². The van der Waals surface area contributed by atoms with Gasteiger partial charge in [-0.05, 0) is 15.9 Å². The second-order valence-electron chi connectivity index (χ2n) is 2.80. The predicted molar refractivity (Wildman–Crippen MR) is 60.9 cm³/mol. The lowest BCUT2D eigenvalue weighted by molar-refractivity contribution is -0.115. The Morgan fingerprint density at radius 2 is 2.12 bits per heavy atom. The molecule has 1 rings (SSSR count). The number of nitrogen functional groups attached to an aromatic ring is 1. The van der Waals surface area contributed by atoms with Crippen LogP contribution >= 0.6 is 15.9 Å². The van der Waals surface area contributed by atoms with Crippen molar-refractivity contribution >= 4 is 34.1 Å². The number of nitrogens with two attached hydrogens (primary N) is 1. The Balaban J connectivity index is 0.000000385. The average Bonchev–Trinajstić information content (AvgIpc) is 2.17. The molecule has 88 valence electrons. The number of halogens is 1. The molecule has 1 aromatic rings. The summed E-state index contributed by atoms with van der Waals surface area (Å²) in [6, 6.07) is 0. The molecule has 0 fully saturated rings. The van der Waals surface area contributed by atoms with E-state index in [-0.39, 0.29) is 11.5 Å². The van der Waals surface area contributed by atoms with Crippen LogP contribution in [-0.4, -0.2) is 46.4 Å². The van der Waals surface area contributed by atoms with Crippen LogP contribution in [0, 0.1) is 0 Å². The first-order chi connectivity index (χ1) is 7.38. The third-order valence-electron chi connectivity index (χ3n) is 1.18. The van der Waals surface area contributed by atoms with Crippen molar-refractivity contribution in [2.75, 3.05) is 19.8 Å². The molecule has 3 N–H and O–H groups in total. The van der Waals surface area contributed by atoms with Crippen LogP contribution in [0.25, 0.3) is 0 Å². The molecule has 0 aliphatic carbocycles. The molecule has 0 bridgehead atoms. The number of carboxylic acid groups (broad SMARTS) is 1. The van der Waals surface area contributed by atoms with Crippen molar-refractivity contribution in [3.63, 3.8) is 0 Å². The molecular formula is C8H11BrN4O3. The highest BCUT2D eigenvalue weighted by Gasteiger charge is 2.09. The quantitative estimate of drug-likeness (QED) is 0.754. The normalized spacial score (nSPS) is 8.69. The lowest BCUT2D eigenvalue weighted by Crippen LogP contribution is -2.07. The Morgan fingerprint density at radius 1 is 1.62 bits per heavy atom. The number of nitrogens with zero attached hydrogens (tertiary/aromatic N) is 3. The monoisotopic (exact) mass is 290 g/mol. The van der Waals surface area contributed by atoms with Gasteiger partial charge >= 0.3 is 5.97 Å². The van der Waals surface area contributed by atoms with Gasteiger partial charge in [-0.2, -0.15) is 0 Å². The van der Waals surface area contributed by atoms with Crippen LogP contribution in [0.4, 0.5) is 5.82 Å². The molecule has 0 aliphatic heterocycles. The SMILES string of the molecule is CN(C)C=O.Nc1nc(Br)cnc1C(=O)O. The summed E-state index contributed by atoms with van der Waals surface area (Å²) in [5, 5.41) is 8.46. The van der Waals surface area contributed by atoms with Crippen molar-refractivity contribution in [1.29, 1.82) is 0 Å². The molecule has 8 heteroatoms. The fourth-order valence-electron chi connectivity index (χ4n) is 0.546. The smallest absolute Gasteiger partial charge is 0.358 e. The molecule has 16 heavy (non-hydrogen) atoms. The molecule has 0 saturated heterocycles. The summed E-state index contributed by atoms with van der Waals surface area (Å²) in [5.41, 5.74) is 5.01. The third-order valence-corrected chi connectivity index (χ3v) is 1.57. The average molecular weight is 291 g/mol. The fourth-order valence-corrected chi connectivity index (χ4v) is 0.839. The summed E-state index contributed by atoms with van der Waals surface area (Å²) in [4.78, 5) is 28.4. The van der Waals surface area contributed by atoms with E-state index in [0.29, 0.717) is 4.60 Å². The summed E-state index contributed by atoms with van der Waals surface area (Å²) in [5.74, 6) is -1.27. The first-order valence-corrected chi connectivity index (χ1v) is 4.80. The van der Waals surface area contributed by atoms with Gasteiger partial charge in [-0.1, -0.05) is 0 Å². The zero-order valence-corrected chi connectivity index (χ0v) is 10.3. The van der Waals surface area contributed by atoms with Crippen LogP contribution in [0.15, 0.2) is 10.8 Å². The van der Waals surface area contributed by atoms with Crippen LogP contribution < -0.4 is 5.73 Å². The van der Waals surface area contributed by atoms with Crippen molar-refractivity contribution in [1.82, 2.24) is 14.9 Å². The largest absolute Gasteiger partial charge is 0.476 e. The molecule has 0 saturated carbocycles. The van der Waals surface area contributed by atoms with Gasteiger partial charge in [0.25, 0.3) is 0 Å². The number of aromatic carboxylic acids is 1. The van der Waals surface area contributed by atoms with Gasteiger partial charge in [-0.15, -0.1) is 0 Å². The van der Waals surface area contributed by atoms with E-state index in [2.05, 4.69) is 25.9 Å². The number of anilines is 1. The number of rotatable bonds is 2. The van der Waals surface area contributed by atoms with E-state index in [0.717, 1.165) is 6.41 Å². The van der Waals surface area contributed by atoms with E-state index in [1.807, 2.05) is 0 Å². The number of aromatic nitrogens is 2. The molecule has 1 heterocycles. The molecule has 0 spiro atoms. The number of hydrogen-bond donors (Lipinski definition) is 2. The number of carboxylic acids is 1. The Morgan fingerprint density at radius 3 is 2.44 bits per heavy atom. The zero-order chi connectivity index (χ0) is 12.7. The van der Waals surface area contributed by atoms with Crippen LogP contribution in [0.1, 0.15) is 10.5 Å². The summed E-state index contributed by atoms with van der Waals surface area (Å²) in [7, 11) is 3.38. The van der Waals surface area contributed by atoms with Crippen LogP contribution in [0.5, 0.6) is 0 Å². The van der Waals surface area contributed by atoms with Crippen LogP contribution in [0.2, 0.25) is 0 Å². The maximum atomic E-state index is 10.3. The van der Waals surface area contributed by atoms with Crippen LogP contribution in [-0.2, 0) is 4.79 Å². The van der Waals surface area contributed by atoms with Crippen molar-refractivity contribution in [3.05, 3.63) is 16.5 Å². The van der Waals surface area contributed by atoms with E-state index < -0.39 is 5.97 Å². The lowest BCUT2D eigenvalue weighted by atomic mass is 10.4. The topological polar surface area (TPSA) is 109 Å². The third kappa shape index (κ3) is 5.25. The number of hydrogen-bond acceptors (Lipinski definition) is 5. The fraction of sp³-hybridized carbons (Fsp3) is 0.250. The molecule has 1 amide bonds. The number of carbonyl (C=O) groups excluding carboxylic acids is 1. The maximum Gasteiger partial charge on any atom is 0.358 e. The summed E-state index contributed by atoms with van der Waals surface area (Å²) < 4.78 is 0.417. The molecule has 0 atom stereocenters. The van der Waals surface area contributed by atoms with Gasteiger partial charge in [-0.3, -0.25) is 4.79 Å². The van der Waals surface area contributed by atoms with E-state index in [1.165, 1.54) is 11.1 Å². The van der Waals surface area contributed by atoms with Crippen molar-refractivity contribution < 1.29 is 14.7 Å². The first-order valence-electron chi connectivity index (χ1n) is 4.01. The van der Waals surface area contributed by atoms with Crippen molar-refractivity contribution in [2.24, 2.45) is 0 Å². The zero-order valence-electron chi connectivity index (χ0n) is 8.72. The van der Waals surface area contributed by atoms with Crippen molar-refractivity contribution in [3.8, 4) is 0 Å². The highest BCUT2D eigenvalue weighted by molar-refractivity contribution is 9.10. The number of amides is 1. The Hall–Kier alpha value is -1.70. The van der Waals surface area contributed by atoms with Gasteiger partial charge in [0.15, 0.2) is 11.5 Å². The summed E-state index contributed by atoms with van der Waals surface area (Å²) in [6.07, 6.45) is 2.03. The van der Waals surface area contributed by atoms with Gasteiger partial charge in [0.05, 0.1) is 6.20 Å². The van der Waals surface area contributed by atoms with Gasteiger partial charge in [-0.25, -0.2) is 14.8 Å². The molecule has 1 aromatic heterocycles. The minimum atomic E-state index is -1.18. The highest BCUT2D eigenvalue weighted by atomic mass is 79.9. The van der Waals surface area contributed by atoms with Gasteiger partial charge in [0, 0.05) is 14.1 Å². The summed E-state index contributed by atoms with van der Waals surface area (Å²) in [6.45, 7) is 0.